The van der Waals surface area contributed by atoms with Gasteiger partial charge in [-0.15, -0.1) is 0 Å². The number of nitrogens with one attached hydrogen (secondary N) is 1. The maximum Gasteiger partial charge on any atom is 0.220 e. The fourth-order valence-corrected chi connectivity index (χ4v) is 1.21. The van der Waals surface area contributed by atoms with E-state index in [4.69, 9.17) is 5.11 Å². The first-order valence-corrected chi connectivity index (χ1v) is 5.61. The molecule has 0 radical (unpaired) electrons. The van der Waals surface area contributed by atoms with E-state index in [1.54, 1.807) is 6.92 Å². The molecule has 0 aliphatic rings. The first-order valence-electron chi connectivity index (χ1n) is 5.61. The molecular formula is C11H23NO2. The van der Waals surface area contributed by atoms with Crippen molar-refractivity contribution in [2.24, 2.45) is 0 Å². The van der Waals surface area contributed by atoms with Crippen LogP contribution < -0.4 is 5.32 Å². The van der Waals surface area contributed by atoms with E-state index in [1.807, 2.05) is 0 Å². The van der Waals surface area contributed by atoms with E-state index >= 15 is 0 Å². The van der Waals surface area contributed by atoms with Gasteiger partial charge < -0.3 is 10.4 Å². The first kappa shape index (κ1) is 13.4. The molecule has 0 rings (SSSR count). The molecule has 1 atom stereocenters. The Bertz CT molecular complexity index is 146. The van der Waals surface area contributed by atoms with E-state index in [2.05, 4.69) is 12.2 Å². The molecule has 0 aliphatic carbocycles. The summed E-state index contributed by atoms with van der Waals surface area (Å²) < 4.78 is 0. The first-order chi connectivity index (χ1) is 6.66. The van der Waals surface area contributed by atoms with E-state index in [-0.39, 0.29) is 12.0 Å². The summed E-state index contributed by atoms with van der Waals surface area (Å²) in [6.45, 7) is 4.65. The number of rotatable bonds is 8. The predicted octanol–water partition coefficient (Wildman–Crippen LogP) is 1.84. The third kappa shape index (κ3) is 9.52. The summed E-state index contributed by atoms with van der Waals surface area (Å²) in [5.41, 5.74) is 0. The number of amides is 1. The maximum absolute atomic E-state index is 11.2. The number of aliphatic hydroxyl groups is 1. The molecule has 84 valence electrons. The van der Waals surface area contributed by atoms with Gasteiger partial charge in [-0.05, 0) is 19.8 Å². The molecule has 0 aromatic heterocycles. The van der Waals surface area contributed by atoms with Gasteiger partial charge in [0.25, 0.3) is 0 Å². The molecule has 0 saturated heterocycles. The Morgan fingerprint density at radius 2 is 2.07 bits per heavy atom. The lowest BCUT2D eigenvalue weighted by Gasteiger charge is -2.05. The number of carbonyl (C=O) groups excluding carboxylic acids is 1. The number of unbranched alkanes of at least 4 members (excludes halogenated alkanes) is 3. The zero-order valence-corrected chi connectivity index (χ0v) is 9.38. The molecule has 3 nitrogen and oxygen atoms in total. The normalized spacial score (nSPS) is 12.5. The Morgan fingerprint density at radius 1 is 1.36 bits per heavy atom. The Balaban J connectivity index is 3.18. The van der Waals surface area contributed by atoms with Crippen molar-refractivity contribution >= 4 is 5.91 Å². The van der Waals surface area contributed by atoms with Crippen LogP contribution in [0.1, 0.15) is 52.4 Å². The minimum atomic E-state index is -0.374. The van der Waals surface area contributed by atoms with Crippen LogP contribution in [0.25, 0.3) is 0 Å². The summed E-state index contributed by atoms with van der Waals surface area (Å²) in [6.07, 6.45) is 5.33. The Labute approximate surface area is 86.9 Å². The standard InChI is InChI=1S/C11H23NO2/c1-3-4-5-6-9-12-11(14)8-7-10(2)13/h10,13H,3-9H2,1-2H3,(H,12,14). The molecule has 14 heavy (non-hydrogen) atoms. The highest BCUT2D eigenvalue weighted by Gasteiger charge is 2.02. The zero-order chi connectivity index (χ0) is 10.8. The van der Waals surface area contributed by atoms with Crippen molar-refractivity contribution in [2.45, 2.75) is 58.5 Å². The van der Waals surface area contributed by atoms with Crippen LogP contribution in [0.5, 0.6) is 0 Å². The van der Waals surface area contributed by atoms with Crippen LogP contribution in [0.2, 0.25) is 0 Å². The molecule has 0 aromatic rings. The van der Waals surface area contributed by atoms with E-state index < -0.39 is 0 Å². The third-order valence-corrected chi connectivity index (χ3v) is 2.14. The van der Waals surface area contributed by atoms with Crippen LogP contribution in [0.15, 0.2) is 0 Å². The average Bonchev–Trinajstić information content (AvgIpc) is 2.14. The quantitative estimate of drug-likeness (QED) is 0.589. The fourth-order valence-electron chi connectivity index (χ4n) is 1.21. The lowest BCUT2D eigenvalue weighted by atomic mass is 10.2. The highest BCUT2D eigenvalue weighted by Crippen LogP contribution is 1.98. The molecule has 2 N–H and O–H groups in total. The predicted molar refractivity (Wildman–Crippen MR) is 58.1 cm³/mol. The minimum Gasteiger partial charge on any atom is -0.393 e. The van der Waals surface area contributed by atoms with Crippen LogP contribution >= 0.6 is 0 Å². The van der Waals surface area contributed by atoms with Gasteiger partial charge in [-0.3, -0.25) is 4.79 Å². The molecule has 1 unspecified atom stereocenters. The second kappa shape index (κ2) is 9.00. The molecule has 0 saturated carbocycles. The van der Waals surface area contributed by atoms with Crippen molar-refractivity contribution in [1.82, 2.24) is 5.32 Å². The molecule has 0 bridgehead atoms. The summed E-state index contributed by atoms with van der Waals surface area (Å²) in [5.74, 6) is 0.0578. The van der Waals surface area contributed by atoms with Gasteiger partial charge in [0.2, 0.25) is 5.91 Å². The Kier molecular flexibility index (Phi) is 8.64. The van der Waals surface area contributed by atoms with Crippen molar-refractivity contribution in [2.75, 3.05) is 6.54 Å². The van der Waals surface area contributed by atoms with Crippen LogP contribution in [-0.4, -0.2) is 23.7 Å². The average molecular weight is 201 g/mol. The molecule has 0 fully saturated rings. The summed E-state index contributed by atoms with van der Waals surface area (Å²) in [5, 5.41) is 11.8. The van der Waals surface area contributed by atoms with Crippen LogP contribution in [0, 0.1) is 0 Å². The second-order valence-corrected chi connectivity index (χ2v) is 3.80. The number of aliphatic hydroxyl groups excluding tert-OH is 1. The van der Waals surface area contributed by atoms with Gasteiger partial charge in [0.1, 0.15) is 0 Å². The second-order valence-electron chi connectivity index (χ2n) is 3.80. The van der Waals surface area contributed by atoms with Crippen molar-refractivity contribution in [3.63, 3.8) is 0 Å². The number of carbonyl (C=O) groups is 1. The highest BCUT2D eigenvalue weighted by molar-refractivity contribution is 5.75. The van der Waals surface area contributed by atoms with Gasteiger partial charge in [0.15, 0.2) is 0 Å². The molecule has 0 spiro atoms. The summed E-state index contributed by atoms with van der Waals surface area (Å²) in [4.78, 5) is 11.2. The van der Waals surface area contributed by atoms with E-state index in [0.717, 1.165) is 13.0 Å². The van der Waals surface area contributed by atoms with Crippen molar-refractivity contribution in [1.29, 1.82) is 0 Å². The van der Waals surface area contributed by atoms with Gasteiger partial charge in [-0.2, -0.15) is 0 Å². The summed E-state index contributed by atoms with van der Waals surface area (Å²) in [6, 6.07) is 0. The minimum absolute atomic E-state index is 0.0578. The smallest absolute Gasteiger partial charge is 0.220 e. The maximum atomic E-state index is 11.2. The lowest BCUT2D eigenvalue weighted by molar-refractivity contribution is -0.121. The van der Waals surface area contributed by atoms with E-state index in [1.165, 1.54) is 19.3 Å². The van der Waals surface area contributed by atoms with E-state index in [0.29, 0.717) is 12.8 Å². The molecule has 0 aromatic carbocycles. The largest absolute Gasteiger partial charge is 0.393 e. The zero-order valence-electron chi connectivity index (χ0n) is 9.38. The molecule has 3 heteroatoms. The molecule has 0 aliphatic heterocycles. The Morgan fingerprint density at radius 3 is 2.64 bits per heavy atom. The van der Waals surface area contributed by atoms with Crippen molar-refractivity contribution in [3.05, 3.63) is 0 Å². The number of hydrogen-bond acceptors (Lipinski definition) is 2. The lowest BCUT2D eigenvalue weighted by Crippen LogP contribution is -2.25. The highest BCUT2D eigenvalue weighted by atomic mass is 16.3. The summed E-state index contributed by atoms with van der Waals surface area (Å²) in [7, 11) is 0. The molecule has 0 heterocycles. The van der Waals surface area contributed by atoms with Gasteiger partial charge in [-0.1, -0.05) is 26.2 Å². The topological polar surface area (TPSA) is 49.3 Å². The van der Waals surface area contributed by atoms with Crippen LogP contribution in [0.4, 0.5) is 0 Å². The number of hydrogen-bond donors (Lipinski definition) is 2. The van der Waals surface area contributed by atoms with Crippen molar-refractivity contribution in [3.8, 4) is 0 Å². The van der Waals surface area contributed by atoms with Gasteiger partial charge in [0, 0.05) is 13.0 Å². The van der Waals surface area contributed by atoms with Crippen LogP contribution in [0.3, 0.4) is 0 Å². The van der Waals surface area contributed by atoms with Crippen LogP contribution in [-0.2, 0) is 4.79 Å². The third-order valence-electron chi connectivity index (χ3n) is 2.14. The fraction of sp³-hybridized carbons (Fsp3) is 0.909. The summed E-state index contributed by atoms with van der Waals surface area (Å²) >= 11 is 0. The van der Waals surface area contributed by atoms with E-state index in [9.17, 15) is 4.79 Å². The SMILES string of the molecule is CCCCCCNC(=O)CCC(C)O. The monoisotopic (exact) mass is 201 g/mol. The Hall–Kier alpha value is -0.570. The molecular weight excluding hydrogens is 178 g/mol. The van der Waals surface area contributed by atoms with Gasteiger partial charge in [-0.25, -0.2) is 0 Å². The van der Waals surface area contributed by atoms with Gasteiger partial charge >= 0.3 is 0 Å². The van der Waals surface area contributed by atoms with Gasteiger partial charge in [0.05, 0.1) is 6.10 Å². The van der Waals surface area contributed by atoms with Crippen molar-refractivity contribution < 1.29 is 9.90 Å². The molecule has 1 amide bonds.